The van der Waals surface area contributed by atoms with E-state index in [0.717, 1.165) is 51.9 Å². The molecule has 0 radical (unpaired) electrons. The van der Waals surface area contributed by atoms with Crippen molar-refractivity contribution < 1.29 is 9.18 Å². The van der Waals surface area contributed by atoms with Crippen LogP contribution in [0.2, 0.25) is 0 Å². The molecule has 3 nitrogen and oxygen atoms in total. The highest BCUT2D eigenvalue weighted by atomic mass is 19.1. The zero-order valence-electron chi connectivity index (χ0n) is 13.6. The maximum absolute atomic E-state index is 13.0. The van der Waals surface area contributed by atoms with Crippen molar-refractivity contribution in [3.8, 4) is 0 Å². The van der Waals surface area contributed by atoms with Crippen LogP contribution in [0.3, 0.4) is 0 Å². The normalized spacial score (nSPS) is 28.5. The molecule has 0 unspecified atom stereocenters. The molecule has 1 amide bonds. The van der Waals surface area contributed by atoms with Gasteiger partial charge in [0.25, 0.3) is 0 Å². The molecule has 0 spiro atoms. The Morgan fingerprint density at radius 3 is 2.61 bits per heavy atom. The molecule has 1 aliphatic carbocycles. The second kappa shape index (κ2) is 6.23. The van der Waals surface area contributed by atoms with Crippen LogP contribution in [-0.4, -0.2) is 41.4 Å². The third kappa shape index (κ3) is 3.27. The molecule has 4 rings (SSSR count). The number of benzene rings is 1. The minimum absolute atomic E-state index is 0.172. The van der Waals surface area contributed by atoms with Gasteiger partial charge in [-0.05, 0) is 55.7 Å². The van der Waals surface area contributed by atoms with Gasteiger partial charge in [0, 0.05) is 38.1 Å². The van der Waals surface area contributed by atoms with Gasteiger partial charge in [-0.1, -0.05) is 12.1 Å². The molecular weight excluding hydrogens is 291 g/mol. The Morgan fingerprint density at radius 2 is 1.87 bits per heavy atom. The van der Waals surface area contributed by atoms with Crippen molar-refractivity contribution in [3.63, 3.8) is 0 Å². The Bertz CT molecular complexity index is 569. The molecule has 1 aromatic rings. The lowest BCUT2D eigenvalue weighted by Gasteiger charge is -2.47. The van der Waals surface area contributed by atoms with Gasteiger partial charge < -0.3 is 4.90 Å². The summed E-state index contributed by atoms with van der Waals surface area (Å²) < 4.78 is 13.0. The van der Waals surface area contributed by atoms with Crippen molar-refractivity contribution in [2.75, 3.05) is 19.6 Å². The fourth-order valence-corrected chi connectivity index (χ4v) is 4.31. The van der Waals surface area contributed by atoms with Crippen LogP contribution in [0.1, 0.15) is 37.7 Å². The summed E-state index contributed by atoms with van der Waals surface area (Å²) in [6, 6.07) is 7.30. The van der Waals surface area contributed by atoms with Gasteiger partial charge >= 0.3 is 0 Å². The fourth-order valence-electron chi connectivity index (χ4n) is 4.31. The maximum atomic E-state index is 13.0. The van der Waals surface area contributed by atoms with Crippen LogP contribution < -0.4 is 0 Å². The minimum atomic E-state index is -0.172. The van der Waals surface area contributed by atoms with E-state index in [-0.39, 0.29) is 5.82 Å². The van der Waals surface area contributed by atoms with Crippen molar-refractivity contribution in [3.05, 3.63) is 35.6 Å². The summed E-state index contributed by atoms with van der Waals surface area (Å²) in [6.07, 6.45) is 5.67. The number of carbonyl (C=O) groups is 1. The van der Waals surface area contributed by atoms with E-state index in [2.05, 4.69) is 9.80 Å². The molecule has 3 aliphatic rings. The van der Waals surface area contributed by atoms with E-state index < -0.39 is 0 Å². The number of piperidine rings is 2. The largest absolute Gasteiger partial charge is 0.339 e. The van der Waals surface area contributed by atoms with Crippen molar-refractivity contribution >= 4 is 5.91 Å². The highest BCUT2D eigenvalue weighted by Crippen LogP contribution is 2.37. The Hall–Kier alpha value is -1.42. The van der Waals surface area contributed by atoms with Gasteiger partial charge in [0.2, 0.25) is 5.91 Å². The number of likely N-dealkylation sites (tertiary alicyclic amines) is 2. The summed E-state index contributed by atoms with van der Waals surface area (Å²) in [4.78, 5) is 17.2. The number of halogens is 1. The van der Waals surface area contributed by atoms with E-state index >= 15 is 0 Å². The van der Waals surface area contributed by atoms with Crippen LogP contribution in [0.15, 0.2) is 24.3 Å². The lowest BCUT2D eigenvalue weighted by atomic mass is 9.83. The van der Waals surface area contributed by atoms with Gasteiger partial charge in [0.1, 0.15) is 5.82 Å². The smallest absolute Gasteiger partial charge is 0.225 e. The monoisotopic (exact) mass is 316 g/mol. The second-order valence-corrected chi connectivity index (χ2v) is 7.43. The average Bonchev–Trinajstić information content (AvgIpc) is 3.40. The van der Waals surface area contributed by atoms with E-state index in [1.54, 1.807) is 12.1 Å². The Kier molecular flexibility index (Phi) is 4.10. The van der Waals surface area contributed by atoms with Gasteiger partial charge in [-0.15, -0.1) is 0 Å². The third-order valence-corrected chi connectivity index (χ3v) is 5.68. The SMILES string of the molecule is O=C(C1CC1)N1CCC[C@@H]2CN(Cc3ccc(F)cc3)CC[C@H]21. The predicted molar refractivity (Wildman–Crippen MR) is 87.2 cm³/mol. The number of nitrogens with zero attached hydrogens (tertiary/aromatic N) is 2. The molecule has 0 bridgehead atoms. The Balaban J connectivity index is 1.39. The first kappa shape index (κ1) is 15.1. The molecule has 1 aromatic carbocycles. The molecule has 4 heteroatoms. The van der Waals surface area contributed by atoms with Gasteiger partial charge in [-0.2, -0.15) is 0 Å². The minimum Gasteiger partial charge on any atom is -0.339 e. The first-order chi connectivity index (χ1) is 11.2. The molecular formula is C19H25FN2O. The van der Waals surface area contributed by atoms with Gasteiger partial charge in [0.05, 0.1) is 0 Å². The lowest BCUT2D eigenvalue weighted by molar-refractivity contribution is -0.139. The van der Waals surface area contributed by atoms with E-state index in [4.69, 9.17) is 0 Å². The highest BCUT2D eigenvalue weighted by molar-refractivity contribution is 5.81. The van der Waals surface area contributed by atoms with Gasteiger partial charge in [0.15, 0.2) is 0 Å². The second-order valence-electron chi connectivity index (χ2n) is 7.43. The summed E-state index contributed by atoms with van der Waals surface area (Å²) in [5, 5.41) is 0. The quantitative estimate of drug-likeness (QED) is 0.856. The molecule has 0 N–H and O–H groups in total. The molecule has 124 valence electrons. The van der Waals surface area contributed by atoms with Crippen molar-refractivity contribution in [1.82, 2.24) is 9.80 Å². The summed E-state index contributed by atoms with van der Waals surface area (Å²) in [6.45, 7) is 3.96. The molecule has 2 aliphatic heterocycles. The maximum Gasteiger partial charge on any atom is 0.225 e. The van der Waals surface area contributed by atoms with Gasteiger partial charge in [-0.3, -0.25) is 9.69 Å². The number of hydrogen-bond acceptors (Lipinski definition) is 2. The zero-order chi connectivity index (χ0) is 15.8. The number of hydrogen-bond donors (Lipinski definition) is 0. The third-order valence-electron chi connectivity index (χ3n) is 5.68. The first-order valence-electron chi connectivity index (χ1n) is 8.98. The van der Waals surface area contributed by atoms with Crippen LogP contribution in [0, 0.1) is 17.7 Å². The van der Waals surface area contributed by atoms with Crippen molar-refractivity contribution in [2.24, 2.45) is 11.8 Å². The first-order valence-corrected chi connectivity index (χ1v) is 8.98. The zero-order valence-corrected chi connectivity index (χ0v) is 13.6. The van der Waals surface area contributed by atoms with E-state index in [1.165, 1.54) is 12.0 Å². The summed E-state index contributed by atoms with van der Waals surface area (Å²) in [5.41, 5.74) is 1.17. The van der Waals surface area contributed by atoms with Crippen LogP contribution in [0.5, 0.6) is 0 Å². The Morgan fingerprint density at radius 1 is 1.09 bits per heavy atom. The molecule has 2 heterocycles. The standard InChI is InChI=1S/C19H25FN2O/c20-17-7-3-14(4-8-17)12-21-11-9-18-16(13-21)2-1-10-22(18)19(23)15-5-6-15/h3-4,7-8,15-16,18H,1-2,5-6,9-13H2/t16-,18-/m1/s1. The highest BCUT2D eigenvalue weighted by Gasteiger charge is 2.42. The lowest BCUT2D eigenvalue weighted by Crippen LogP contribution is -2.55. The number of rotatable bonds is 3. The summed E-state index contributed by atoms with van der Waals surface area (Å²) in [5.74, 6) is 1.20. The van der Waals surface area contributed by atoms with E-state index in [1.807, 2.05) is 12.1 Å². The molecule has 23 heavy (non-hydrogen) atoms. The van der Waals surface area contributed by atoms with Gasteiger partial charge in [-0.25, -0.2) is 4.39 Å². The average molecular weight is 316 g/mol. The molecule has 1 saturated carbocycles. The van der Waals surface area contributed by atoms with E-state index in [0.29, 0.717) is 23.8 Å². The summed E-state index contributed by atoms with van der Waals surface area (Å²) >= 11 is 0. The van der Waals surface area contributed by atoms with Crippen LogP contribution in [0.4, 0.5) is 4.39 Å². The predicted octanol–water partition coefficient (Wildman–Crippen LogP) is 3.05. The van der Waals surface area contributed by atoms with Crippen molar-refractivity contribution in [2.45, 2.75) is 44.7 Å². The van der Waals surface area contributed by atoms with E-state index in [9.17, 15) is 9.18 Å². The molecule has 2 saturated heterocycles. The number of amides is 1. The van der Waals surface area contributed by atoms with Crippen LogP contribution in [0.25, 0.3) is 0 Å². The number of carbonyl (C=O) groups excluding carboxylic acids is 1. The number of fused-ring (bicyclic) bond motifs is 1. The topological polar surface area (TPSA) is 23.6 Å². The molecule has 2 atom stereocenters. The summed E-state index contributed by atoms with van der Waals surface area (Å²) in [7, 11) is 0. The van der Waals surface area contributed by atoms with Crippen LogP contribution in [-0.2, 0) is 11.3 Å². The Labute approximate surface area is 137 Å². The molecule has 0 aromatic heterocycles. The van der Waals surface area contributed by atoms with Crippen molar-refractivity contribution in [1.29, 1.82) is 0 Å². The fraction of sp³-hybridized carbons (Fsp3) is 0.632. The molecule has 3 fully saturated rings. The van der Waals surface area contributed by atoms with Crippen LogP contribution >= 0.6 is 0 Å².